The van der Waals surface area contributed by atoms with Crippen molar-refractivity contribution in [3.63, 3.8) is 0 Å². The number of fused-ring (bicyclic) bond motifs is 2. The van der Waals surface area contributed by atoms with Crippen LogP contribution in [0.1, 0.15) is 60.4 Å². The molecule has 2 N–H and O–H groups in total. The minimum atomic E-state index is -2.47. The number of thiophene rings is 1. The monoisotopic (exact) mass is 374 g/mol. The van der Waals surface area contributed by atoms with Gasteiger partial charge >= 0.3 is 0 Å². The molecule has 4 rings (SSSR count). The van der Waals surface area contributed by atoms with Crippen LogP contribution in [0.3, 0.4) is 0 Å². The summed E-state index contributed by atoms with van der Waals surface area (Å²) < 4.78 is 26.7. The number of nitrogens with zero attached hydrogens (tertiary/aromatic N) is 1. The van der Waals surface area contributed by atoms with Gasteiger partial charge in [-0.3, -0.25) is 5.10 Å². The first kappa shape index (κ1) is 17.4. The number of aromatic amines is 1. The quantitative estimate of drug-likeness (QED) is 0.605. The summed E-state index contributed by atoms with van der Waals surface area (Å²) in [5, 5.41) is 18.0. The van der Waals surface area contributed by atoms with Gasteiger partial charge in [-0.1, -0.05) is 32.0 Å². The Bertz CT molecular complexity index is 999. The number of allylic oxidation sites excluding steroid dienone is 1. The Hall–Kier alpha value is -2.05. The predicted octanol–water partition coefficient (Wildman–Crippen LogP) is 5.67. The van der Waals surface area contributed by atoms with Crippen molar-refractivity contribution in [2.75, 3.05) is 0 Å². The number of rotatable bonds is 5. The van der Waals surface area contributed by atoms with Gasteiger partial charge in [-0.05, 0) is 47.2 Å². The van der Waals surface area contributed by atoms with Crippen LogP contribution in [0.2, 0.25) is 0 Å². The SMILES string of the molecule is CCC(O)(CC)c1ccc2c(c1)CC(c1n[nH]c3cc(C(F)F)sc13)=C2. The van der Waals surface area contributed by atoms with Gasteiger partial charge in [-0.2, -0.15) is 5.10 Å². The molecule has 1 aliphatic rings. The fourth-order valence-electron chi connectivity index (χ4n) is 3.60. The van der Waals surface area contributed by atoms with Crippen molar-refractivity contribution < 1.29 is 13.9 Å². The summed E-state index contributed by atoms with van der Waals surface area (Å²) in [6.07, 6.45) is 1.61. The lowest BCUT2D eigenvalue weighted by molar-refractivity contribution is 0.0283. The van der Waals surface area contributed by atoms with Gasteiger partial charge in [-0.15, -0.1) is 11.3 Å². The van der Waals surface area contributed by atoms with Crippen molar-refractivity contribution in [3.8, 4) is 0 Å². The van der Waals surface area contributed by atoms with Crippen LogP contribution in [-0.2, 0) is 12.0 Å². The fraction of sp³-hybridized carbons (Fsp3) is 0.350. The molecule has 6 heteroatoms. The Kier molecular flexibility index (Phi) is 4.20. The van der Waals surface area contributed by atoms with E-state index in [1.807, 2.05) is 26.0 Å². The number of halogens is 2. The number of benzene rings is 1. The second-order valence-corrected chi connectivity index (χ2v) is 7.85. The van der Waals surface area contributed by atoms with E-state index >= 15 is 0 Å². The molecule has 0 saturated heterocycles. The third-order valence-corrected chi connectivity index (χ3v) is 6.48. The highest BCUT2D eigenvalue weighted by Gasteiger charge is 2.27. The normalized spacial score (nSPS) is 14.3. The van der Waals surface area contributed by atoms with Gasteiger partial charge in [-0.25, -0.2) is 8.78 Å². The van der Waals surface area contributed by atoms with Gasteiger partial charge < -0.3 is 5.11 Å². The lowest BCUT2D eigenvalue weighted by atomic mass is 9.87. The first-order chi connectivity index (χ1) is 12.4. The molecule has 1 aliphatic carbocycles. The van der Waals surface area contributed by atoms with E-state index < -0.39 is 12.0 Å². The highest BCUT2D eigenvalue weighted by Crippen LogP contribution is 2.40. The summed E-state index contributed by atoms with van der Waals surface area (Å²) in [5.41, 5.74) is 4.78. The molecule has 3 aromatic rings. The van der Waals surface area contributed by atoms with E-state index in [1.165, 1.54) is 6.07 Å². The molecule has 26 heavy (non-hydrogen) atoms. The molecule has 0 fully saturated rings. The molecule has 0 bridgehead atoms. The summed E-state index contributed by atoms with van der Waals surface area (Å²) in [6.45, 7) is 3.97. The van der Waals surface area contributed by atoms with Gasteiger partial charge in [0.2, 0.25) is 0 Å². The van der Waals surface area contributed by atoms with E-state index in [9.17, 15) is 13.9 Å². The van der Waals surface area contributed by atoms with Crippen molar-refractivity contribution in [1.29, 1.82) is 0 Å². The minimum Gasteiger partial charge on any atom is -0.385 e. The van der Waals surface area contributed by atoms with E-state index in [4.69, 9.17) is 0 Å². The van der Waals surface area contributed by atoms with E-state index in [1.54, 1.807) is 0 Å². The van der Waals surface area contributed by atoms with Crippen LogP contribution in [0.4, 0.5) is 8.78 Å². The van der Waals surface area contributed by atoms with Crippen LogP contribution in [0.15, 0.2) is 24.3 Å². The number of H-pyrrole nitrogens is 1. The third-order valence-electron chi connectivity index (χ3n) is 5.33. The molecule has 1 aromatic carbocycles. The lowest BCUT2D eigenvalue weighted by Crippen LogP contribution is -2.23. The number of aromatic nitrogens is 2. The number of aliphatic hydroxyl groups is 1. The van der Waals surface area contributed by atoms with Gasteiger partial charge in [0.1, 0.15) is 5.69 Å². The van der Waals surface area contributed by atoms with Crippen LogP contribution >= 0.6 is 11.3 Å². The van der Waals surface area contributed by atoms with Crippen molar-refractivity contribution in [2.24, 2.45) is 0 Å². The van der Waals surface area contributed by atoms with Crippen LogP contribution < -0.4 is 0 Å². The maximum atomic E-state index is 13.0. The van der Waals surface area contributed by atoms with Gasteiger partial charge in [0.15, 0.2) is 0 Å². The van der Waals surface area contributed by atoms with E-state index in [-0.39, 0.29) is 4.88 Å². The highest BCUT2D eigenvalue weighted by atomic mass is 32.1. The number of nitrogens with one attached hydrogen (secondary N) is 1. The first-order valence-electron chi connectivity index (χ1n) is 8.78. The average molecular weight is 374 g/mol. The predicted molar refractivity (Wildman–Crippen MR) is 101 cm³/mol. The Morgan fingerprint density at radius 3 is 2.73 bits per heavy atom. The number of alkyl halides is 2. The van der Waals surface area contributed by atoms with Crippen LogP contribution in [0, 0.1) is 0 Å². The van der Waals surface area contributed by atoms with Crippen molar-refractivity contribution >= 4 is 33.2 Å². The molecule has 2 aromatic heterocycles. The zero-order valence-electron chi connectivity index (χ0n) is 14.6. The smallest absolute Gasteiger partial charge is 0.272 e. The van der Waals surface area contributed by atoms with Crippen LogP contribution in [0.25, 0.3) is 21.9 Å². The fourth-order valence-corrected chi connectivity index (χ4v) is 4.59. The van der Waals surface area contributed by atoms with Crippen LogP contribution in [0.5, 0.6) is 0 Å². The largest absolute Gasteiger partial charge is 0.385 e. The average Bonchev–Trinajstić information content (AvgIpc) is 3.33. The summed E-state index contributed by atoms with van der Waals surface area (Å²) >= 11 is 1.09. The number of hydrogen-bond donors (Lipinski definition) is 2. The summed E-state index contributed by atoms with van der Waals surface area (Å²) in [4.78, 5) is 0.0595. The molecule has 3 nitrogen and oxygen atoms in total. The number of hydrogen-bond acceptors (Lipinski definition) is 3. The maximum absolute atomic E-state index is 13.0. The highest BCUT2D eigenvalue weighted by molar-refractivity contribution is 7.19. The Morgan fingerprint density at radius 1 is 1.27 bits per heavy atom. The van der Waals surface area contributed by atoms with E-state index in [0.717, 1.165) is 44.0 Å². The van der Waals surface area contributed by atoms with Gasteiger partial charge in [0, 0.05) is 6.42 Å². The van der Waals surface area contributed by atoms with Crippen LogP contribution in [-0.4, -0.2) is 15.3 Å². The summed E-state index contributed by atoms with van der Waals surface area (Å²) in [6, 6.07) is 7.54. The summed E-state index contributed by atoms with van der Waals surface area (Å²) in [5.74, 6) is 0. The molecule has 136 valence electrons. The molecular weight excluding hydrogens is 354 g/mol. The Balaban J connectivity index is 1.68. The van der Waals surface area contributed by atoms with E-state index in [0.29, 0.717) is 24.8 Å². The zero-order chi connectivity index (χ0) is 18.5. The van der Waals surface area contributed by atoms with Gasteiger partial charge in [0.25, 0.3) is 6.43 Å². The van der Waals surface area contributed by atoms with Gasteiger partial charge in [0.05, 0.1) is 20.7 Å². The first-order valence-corrected chi connectivity index (χ1v) is 9.59. The van der Waals surface area contributed by atoms with Crippen molar-refractivity contribution in [2.45, 2.75) is 45.1 Å². The Labute approximate surface area is 154 Å². The molecule has 0 atom stereocenters. The van der Waals surface area contributed by atoms with Crippen molar-refractivity contribution in [1.82, 2.24) is 10.2 Å². The van der Waals surface area contributed by atoms with Crippen molar-refractivity contribution in [3.05, 3.63) is 51.5 Å². The standard InChI is InChI=1S/C20H20F2N2OS/c1-3-20(25,4-2)14-6-5-11-7-13(8-12(11)9-14)17-18-15(23-24-17)10-16(26-18)19(21)22/h5-7,9-10,19,25H,3-4,8H2,1-2H3,(H,23,24). The molecular formula is C20H20F2N2OS. The lowest BCUT2D eigenvalue weighted by Gasteiger charge is -2.26. The topological polar surface area (TPSA) is 48.9 Å². The summed E-state index contributed by atoms with van der Waals surface area (Å²) in [7, 11) is 0. The molecule has 0 amide bonds. The molecule has 0 unspecified atom stereocenters. The molecule has 2 heterocycles. The molecule has 0 radical (unpaired) electrons. The zero-order valence-corrected chi connectivity index (χ0v) is 15.5. The Morgan fingerprint density at radius 2 is 2.04 bits per heavy atom. The third kappa shape index (κ3) is 2.68. The van der Waals surface area contributed by atoms with E-state index in [2.05, 4.69) is 22.3 Å². The maximum Gasteiger partial charge on any atom is 0.272 e. The molecule has 0 saturated carbocycles. The second-order valence-electron chi connectivity index (χ2n) is 6.76. The molecule has 0 spiro atoms. The minimum absolute atomic E-state index is 0.0595. The molecule has 0 aliphatic heterocycles. The second kappa shape index (κ2) is 6.28.